The van der Waals surface area contributed by atoms with E-state index in [-0.39, 0.29) is 0 Å². The summed E-state index contributed by atoms with van der Waals surface area (Å²) in [7, 11) is 1.65. The quantitative estimate of drug-likeness (QED) is 0.706. The van der Waals surface area contributed by atoms with Gasteiger partial charge >= 0.3 is 0 Å². The minimum atomic E-state index is 0.752. The Morgan fingerprint density at radius 1 is 1.43 bits per heavy atom. The average Bonchev–Trinajstić information content (AvgIpc) is 2.62. The van der Waals surface area contributed by atoms with E-state index in [1.54, 1.807) is 18.4 Å². The molecule has 72 valence electrons. The van der Waals surface area contributed by atoms with E-state index >= 15 is 0 Å². The van der Waals surface area contributed by atoms with Crippen LogP contribution in [0.25, 0.3) is 10.1 Å². The average molecular weight is 206 g/mol. The Morgan fingerprint density at radius 2 is 2.21 bits per heavy atom. The van der Waals surface area contributed by atoms with Crippen molar-refractivity contribution in [3.8, 4) is 5.06 Å². The lowest BCUT2D eigenvalue weighted by Crippen LogP contribution is -1.84. The topological polar surface area (TPSA) is 26.3 Å². The van der Waals surface area contributed by atoms with Crippen molar-refractivity contribution in [2.45, 2.75) is 6.92 Å². The van der Waals surface area contributed by atoms with Crippen LogP contribution in [0.1, 0.15) is 15.9 Å². The molecule has 0 atom stereocenters. The molecule has 0 saturated heterocycles. The maximum absolute atomic E-state index is 10.7. The summed E-state index contributed by atoms with van der Waals surface area (Å²) in [4.78, 5) is 10.7. The molecular formula is C11H10O2S. The molecule has 1 heterocycles. The number of methoxy groups -OCH3 is 1. The number of benzene rings is 1. The lowest BCUT2D eigenvalue weighted by atomic mass is 10.1. The normalized spacial score (nSPS) is 10.4. The summed E-state index contributed by atoms with van der Waals surface area (Å²) in [6.07, 6.45) is 0.890. The summed E-state index contributed by atoms with van der Waals surface area (Å²) in [6, 6.07) is 5.78. The van der Waals surface area contributed by atoms with Crippen molar-refractivity contribution in [3.63, 3.8) is 0 Å². The second kappa shape index (κ2) is 3.42. The standard InChI is InChI=1S/C11H10O2S/c1-7-9(6-12)4-3-8-5-10(13-2)14-11(7)8/h3-6H,1-2H3. The van der Waals surface area contributed by atoms with Crippen molar-refractivity contribution >= 4 is 27.7 Å². The van der Waals surface area contributed by atoms with E-state index in [0.29, 0.717) is 0 Å². The summed E-state index contributed by atoms with van der Waals surface area (Å²) in [5.41, 5.74) is 1.79. The van der Waals surface area contributed by atoms with Gasteiger partial charge in [0.05, 0.1) is 7.11 Å². The third-order valence-corrected chi connectivity index (χ3v) is 3.51. The van der Waals surface area contributed by atoms with E-state index in [9.17, 15) is 4.79 Å². The summed E-state index contributed by atoms with van der Waals surface area (Å²) in [5.74, 6) is 0. The van der Waals surface area contributed by atoms with Crippen LogP contribution in [-0.4, -0.2) is 13.4 Å². The molecular weight excluding hydrogens is 196 g/mol. The van der Waals surface area contributed by atoms with Crippen molar-refractivity contribution in [1.29, 1.82) is 0 Å². The zero-order valence-corrected chi connectivity index (χ0v) is 8.85. The Hall–Kier alpha value is -1.35. The first-order chi connectivity index (χ1) is 6.76. The van der Waals surface area contributed by atoms with Gasteiger partial charge in [0.2, 0.25) is 0 Å². The molecule has 0 spiro atoms. The molecule has 2 nitrogen and oxygen atoms in total. The number of carbonyl (C=O) groups is 1. The van der Waals surface area contributed by atoms with Crippen molar-refractivity contribution in [3.05, 3.63) is 29.3 Å². The molecule has 0 radical (unpaired) electrons. The first-order valence-corrected chi connectivity index (χ1v) is 5.10. The molecule has 0 bridgehead atoms. The molecule has 0 N–H and O–H groups in total. The third kappa shape index (κ3) is 1.30. The molecule has 2 aromatic rings. The van der Waals surface area contributed by atoms with E-state index < -0.39 is 0 Å². The lowest BCUT2D eigenvalue weighted by molar-refractivity contribution is 0.112. The number of thiophene rings is 1. The van der Waals surface area contributed by atoms with Crippen molar-refractivity contribution in [2.75, 3.05) is 7.11 Å². The molecule has 3 heteroatoms. The fourth-order valence-corrected chi connectivity index (χ4v) is 2.45. The number of carbonyl (C=O) groups excluding carboxylic acids is 1. The number of hydrogen-bond donors (Lipinski definition) is 0. The molecule has 14 heavy (non-hydrogen) atoms. The predicted octanol–water partition coefficient (Wildman–Crippen LogP) is 3.03. The predicted molar refractivity (Wildman–Crippen MR) is 58.5 cm³/mol. The molecule has 0 aliphatic rings. The van der Waals surface area contributed by atoms with E-state index in [2.05, 4.69) is 0 Å². The number of hydrogen-bond acceptors (Lipinski definition) is 3. The second-order valence-electron chi connectivity index (χ2n) is 3.09. The van der Waals surface area contributed by atoms with Gasteiger partial charge < -0.3 is 4.74 Å². The monoisotopic (exact) mass is 206 g/mol. The van der Waals surface area contributed by atoms with Crippen LogP contribution in [0.5, 0.6) is 5.06 Å². The van der Waals surface area contributed by atoms with Crippen molar-refractivity contribution in [2.24, 2.45) is 0 Å². The lowest BCUT2D eigenvalue weighted by Gasteiger charge is -1.98. The summed E-state index contributed by atoms with van der Waals surface area (Å²) in [5, 5.41) is 2.01. The van der Waals surface area contributed by atoms with Crippen LogP contribution >= 0.6 is 11.3 Å². The van der Waals surface area contributed by atoms with Crippen molar-refractivity contribution in [1.82, 2.24) is 0 Å². The number of rotatable bonds is 2. The summed E-state index contributed by atoms with van der Waals surface area (Å²) >= 11 is 1.57. The van der Waals surface area contributed by atoms with Gasteiger partial charge in [0.25, 0.3) is 0 Å². The van der Waals surface area contributed by atoms with Crippen LogP contribution in [0.3, 0.4) is 0 Å². The SMILES string of the molecule is COc1cc2ccc(C=O)c(C)c2s1. The van der Waals surface area contributed by atoms with Gasteiger partial charge in [-0.2, -0.15) is 0 Å². The minimum Gasteiger partial charge on any atom is -0.487 e. The van der Waals surface area contributed by atoms with Gasteiger partial charge in [0.1, 0.15) is 6.29 Å². The van der Waals surface area contributed by atoms with Crippen LogP contribution < -0.4 is 4.74 Å². The second-order valence-corrected chi connectivity index (χ2v) is 4.10. The molecule has 0 fully saturated rings. The number of aryl methyl sites for hydroxylation is 1. The highest BCUT2D eigenvalue weighted by molar-refractivity contribution is 7.21. The first kappa shape index (κ1) is 9.21. The van der Waals surface area contributed by atoms with E-state index in [0.717, 1.165) is 32.6 Å². The Morgan fingerprint density at radius 3 is 2.86 bits per heavy atom. The number of aldehydes is 1. The Balaban J connectivity index is 2.74. The number of ether oxygens (including phenoxy) is 1. The van der Waals surface area contributed by atoms with Gasteiger partial charge in [-0.25, -0.2) is 0 Å². The maximum atomic E-state index is 10.7. The van der Waals surface area contributed by atoms with Gasteiger partial charge in [-0.1, -0.05) is 23.5 Å². The highest BCUT2D eigenvalue weighted by Crippen LogP contribution is 2.34. The van der Waals surface area contributed by atoms with Crippen LogP contribution in [0, 0.1) is 6.92 Å². The number of fused-ring (bicyclic) bond motifs is 1. The van der Waals surface area contributed by atoms with E-state index in [4.69, 9.17) is 4.74 Å². The molecule has 2 rings (SSSR count). The van der Waals surface area contributed by atoms with Gasteiger partial charge in [-0.3, -0.25) is 4.79 Å². The van der Waals surface area contributed by atoms with Crippen molar-refractivity contribution < 1.29 is 9.53 Å². The van der Waals surface area contributed by atoms with Crippen LogP contribution in [-0.2, 0) is 0 Å². The molecule has 0 aliphatic carbocycles. The molecule has 0 aliphatic heterocycles. The Bertz CT molecular complexity index is 485. The summed E-state index contributed by atoms with van der Waals surface area (Å²) < 4.78 is 6.29. The molecule has 0 amide bonds. The Kier molecular flexibility index (Phi) is 2.25. The molecule has 0 unspecified atom stereocenters. The molecule has 0 saturated carbocycles. The first-order valence-electron chi connectivity index (χ1n) is 4.28. The van der Waals surface area contributed by atoms with Gasteiger partial charge in [0.15, 0.2) is 5.06 Å². The third-order valence-electron chi connectivity index (χ3n) is 2.28. The zero-order valence-electron chi connectivity index (χ0n) is 8.03. The van der Waals surface area contributed by atoms with Crippen LogP contribution in [0.15, 0.2) is 18.2 Å². The highest BCUT2D eigenvalue weighted by Gasteiger charge is 2.07. The van der Waals surface area contributed by atoms with Gasteiger partial charge in [-0.05, 0) is 23.9 Å². The van der Waals surface area contributed by atoms with E-state index in [1.165, 1.54) is 0 Å². The fraction of sp³-hybridized carbons (Fsp3) is 0.182. The maximum Gasteiger partial charge on any atom is 0.174 e. The fourth-order valence-electron chi connectivity index (χ4n) is 1.46. The Labute approximate surface area is 86.1 Å². The largest absolute Gasteiger partial charge is 0.487 e. The molecule has 1 aromatic carbocycles. The minimum absolute atomic E-state index is 0.752. The van der Waals surface area contributed by atoms with Gasteiger partial charge in [-0.15, -0.1) is 0 Å². The van der Waals surface area contributed by atoms with Gasteiger partial charge in [0, 0.05) is 10.3 Å². The van der Waals surface area contributed by atoms with E-state index in [1.807, 2.05) is 25.1 Å². The van der Waals surface area contributed by atoms with Crippen LogP contribution in [0.4, 0.5) is 0 Å². The summed E-state index contributed by atoms with van der Waals surface area (Å²) in [6.45, 7) is 1.96. The molecule has 1 aromatic heterocycles. The smallest absolute Gasteiger partial charge is 0.174 e. The van der Waals surface area contributed by atoms with Crippen LogP contribution in [0.2, 0.25) is 0 Å². The highest BCUT2D eigenvalue weighted by atomic mass is 32.1. The zero-order chi connectivity index (χ0) is 10.1.